The maximum Gasteiger partial charge on any atom is 0.416 e. The molecule has 0 aliphatic rings. The number of alkyl halides is 3. The highest BCUT2D eigenvalue weighted by molar-refractivity contribution is 9.10. The Kier molecular flexibility index (Phi) is 3.68. The number of rotatable bonds is 2. The van der Waals surface area contributed by atoms with Crippen LogP contribution in [0.25, 0.3) is 5.69 Å². The highest BCUT2D eigenvalue weighted by Gasteiger charge is 2.31. The first-order valence-electron chi connectivity index (χ1n) is 5.79. The van der Waals surface area contributed by atoms with Gasteiger partial charge in [-0.1, -0.05) is 0 Å². The third-order valence-corrected chi connectivity index (χ3v) is 3.50. The van der Waals surface area contributed by atoms with Crippen LogP contribution in [-0.2, 0) is 11.7 Å². The van der Waals surface area contributed by atoms with Gasteiger partial charge in [0.05, 0.1) is 35.0 Å². The van der Waals surface area contributed by atoms with Crippen molar-refractivity contribution in [3.8, 4) is 5.69 Å². The van der Waals surface area contributed by atoms with Gasteiger partial charge in [-0.3, -0.25) is 0 Å². The Bertz CT molecular complexity index is 627. The maximum atomic E-state index is 12.8. The molecule has 1 aromatic carbocycles. The molecule has 0 unspecified atom stereocenters. The summed E-state index contributed by atoms with van der Waals surface area (Å²) in [7, 11) is 0. The van der Waals surface area contributed by atoms with Crippen LogP contribution in [-0.4, -0.2) is 9.55 Å². The molecule has 0 aliphatic carbocycles. The second kappa shape index (κ2) is 4.89. The number of nitrogens with zero attached hydrogens (tertiary/aromatic N) is 2. The molecule has 0 atom stereocenters. The zero-order valence-electron chi connectivity index (χ0n) is 10.9. The van der Waals surface area contributed by atoms with Crippen LogP contribution in [0, 0.1) is 0 Å². The Morgan fingerprint density at radius 2 is 1.90 bits per heavy atom. The van der Waals surface area contributed by atoms with Crippen molar-refractivity contribution in [2.24, 2.45) is 5.73 Å². The molecule has 1 heterocycles. The molecule has 7 heteroatoms. The lowest BCUT2D eigenvalue weighted by Gasteiger charge is -2.21. The fourth-order valence-corrected chi connectivity index (χ4v) is 2.28. The number of hydrogen-bond donors (Lipinski definition) is 1. The van der Waals surface area contributed by atoms with E-state index in [9.17, 15) is 13.2 Å². The minimum absolute atomic E-state index is 0.353. The van der Waals surface area contributed by atoms with Crippen molar-refractivity contribution >= 4 is 15.9 Å². The highest BCUT2D eigenvalue weighted by Crippen LogP contribution is 2.34. The Morgan fingerprint density at radius 3 is 2.45 bits per heavy atom. The van der Waals surface area contributed by atoms with Gasteiger partial charge < -0.3 is 10.3 Å². The average Bonchev–Trinajstić information content (AvgIpc) is 2.76. The van der Waals surface area contributed by atoms with Crippen molar-refractivity contribution in [3.05, 3.63) is 46.5 Å². The van der Waals surface area contributed by atoms with E-state index in [2.05, 4.69) is 20.9 Å². The minimum Gasteiger partial charge on any atom is -0.321 e. The number of aromatic nitrogens is 2. The van der Waals surface area contributed by atoms with Gasteiger partial charge >= 0.3 is 6.18 Å². The van der Waals surface area contributed by atoms with E-state index in [1.807, 2.05) is 0 Å². The number of hydrogen-bond acceptors (Lipinski definition) is 2. The van der Waals surface area contributed by atoms with Crippen LogP contribution in [0.4, 0.5) is 13.2 Å². The van der Waals surface area contributed by atoms with E-state index in [0.29, 0.717) is 15.9 Å². The van der Waals surface area contributed by atoms with Gasteiger partial charge in [-0.25, -0.2) is 4.98 Å². The van der Waals surface area contributed by atoms with Crippen LogP contribution < -0.4 is 5.73 Å². The van der Waals surface area contributed by atoms with Crippen molar-refractivity contribution in [3.63, 3.8) is 0 Å². The van der Waals surface area contributed by atoms with Gasteiger partial charge in [0.2, 0.25) is 0 Å². The standard InChI is InChI=1S/C13H13BrF3N3/c1-12(2,18)11-6-19-7-20(11)10-5-8(13(15,16)17)3-4-9(10)14/h3-7H,18H2,1-2H3. The van der Waals surface area contributed by atoms with Crippen LogP contribution in [0.15, 0.2) is 35.2 Å². The summed E-state index contributed by atoms with van der Waals surface area (Å²) in [6.45, 7) is 3.53. The van der Waals surface area contributed by atoms with Gasteiger partial charge in [-0.15, -0.1) is 0 Å². The molecule has 0 saturated heterocycles. The van der Waals surface area contributed by atoms with Crippen LogP contribution in [0.5, 0.6) is 0 Å². The molecule has 0 saturated carbocycles. The molecule has 0 bridgehead atoms. The lowest BCUT2D eigenvalue weighted by molar-refractivity contribution is -0.137. The monoisotopic (exact) mass is 347 g/mol. The summed E-state index contributed by atoms with van der Waals surface area (Å²) >= 11 is 3.26. The first kappa shape index (κ1) is 15.1. The van der Waals surface area contributed by atoms with Crippen molar-refractivity contribution in [1.82, 2.24) is 9.55 Å². The van der Waals surface area contributed by atoms with E-state index < -0.39 is 17.3 Å². The summed E-state index contributed by atoms with van der Waals surface area (Å²) < 4.78 is 40.5. The highest BCUT2D eigenvalue weighted by atomic mass is 79.9. The van der Waals surface area contributed by atoms with Gasteiger partial charge in [-0.05, 0) is 48.0 Å². The lowest BCUT2D eigenvalue weighted by atomic mass is 10.0. The van der Waals surface area contributed by atoms with Crippen molar-refractivity contribution in [1.29, 1.82) is 0 Å². The van der Waals surface area contributed by atoms with Crippen LogP contribution >= 0.6 is 15.9 Å². The third-order valence-electron chi connectivity index (χ3n) is 2.83. The second-order valence-corrected chi connectivity index (χ2v) is 5.89. The number of nitrogens with two attached hydrogens (primary N) is 1. The molecule has 2 rings (SSSR count). The molecule has 2 N–H and O–H groups in total. The molecular weight excluding hydrogens is 335 g/mol. The minimum atomic E-state index is -4.39. The molecule has 3 nitrogen and oxygen atoms in total. The molecule has 108 valence electrons. The predicted octanol–water partition coefficient (Wildman–Crippen LogP) is 3.85. The molecule has 1 aromatic heterocycles. The Balaban J connectivity index is 2.62. The summed E-state index contributed by atoms with van der Waals surface area (Å²) in [6, 6.07) is 3.46. The maximum absolute atomic E-state index is 12.8. The van der Waals surface area contributed by atoms with Crippen molar-refractivity contribution < 1.29 is 13.2 Å². The van der Waals surface area contributed by atoms with Gasteiger partial charge in [0.25, 0.3) is 0 Å². The Morgan fingerprint density at radius 1 is 1.25 bits per heavy atom. The van der Waals surface area contributed by atoms with E-state index in [4.69, 9.17) is 5.73 Å². The first-order valence-corrected chi connectivity index (χ1v) is 6.59. The van der Waals surface area contributed by atoms with E-state index in [1.165, 1.54) is 12.4 Å². The SMILES string of the molecule is CC(C)(N)c1cncn1-c1cc(C(F)(F)F)ccc1Br. The molecule has 20 heavy (non-hydrogen) atoms. The fourth-order valence-electron chi connectivity index (χ4n) is 1.84. The van der Waals surface area contributed by atoms with Crippen molar-refractivity contribution in [2.75, 3.05) is 0 Å². The topological polar surface area (TPSA) is 43.8 Å². The number of halogens is 4. The Hall–Kier alpha value is -1.34. The first-order chi connectivity index (χ1) is 9.10. The normalized spacial score (nSPS) is 12.8. The van der Waals surface area contributed by atoms with E-state index in [0.717, 1.165) is 12.1 Å². The molecule has 2 aromatic rings. The van der Waals surface area contributed by atoms with Gasteiger partial charge in [0.15, 0.2) is 0 Å². The third kappa shape index (κ3) is 2.88. The zero-order chi connectivity index (χ0) is 15.1. The summed E-state index contributed by atoms with van der Waals surface area (Å²) in [5, 5.41) is 0. The van der Waals surface area contributed by atoms with E-state index in [1.54, 1.807) is 24.6 Å². The molecule has 0 aliphatic heterocycles. The van der Waals surface area contributed by atoms with E-state index in [-0.39, 0.29) is 0 Å². The summed E-state index contributed by atoms with van der Waals surface area (Å²) in [5.41, 5.74) is 5.55. The summed E-state index contributed by atoms with van der Waals surface area (Å²) in [4.78, 5) is 3.98. The summed E-state index contributed by atoms with van der Waals surface area (Å²) in [5.74, 6) is 0. The zero-order valence-corrected chi connectivity index (χ0v) is 12.5. The van der Waals surface area contributed by atoms with E-state index >= 15 is 0 Å². The van der Waals surface area contributed by atoms with Crippen LogP contribution in [0.3, 0.4) is 0 Å². The second-order valence-electron chi connectivity index (χ2n) is 5.03. The van der Waals surface area contributed by atoms with Gasteiger partial charge in [0, 0.05) is 4.47 Å². The molecule has 0 amide bonds. The average molecular weight is 348 g/mol. The largest absolute Gasteiger partial charge is 0.416 e. The molecule has 0 spiro atoms. The van der Waals surface area contributed by atoms with Crippen LogP contribution in [0.2, 0.25) is 0 Å². The smallest absolute Gasteiger partial charge is 0.321 e. The lowest BCUT2D eigenvalue weighted by Crippen LogP contribution is -2.31. The van der Waals surface area contributed by atoms with Gasteiger partial charge in [0.1, 0.15) is 0 Å². The predicted molar refractivity (Wildman–Crippen MR) is 73.5 cm³/mol. The number of imidazole rings is 1. The summed E-state index contributed by atoms with van der Waals surface area (Å²) in [6.07, 6.45) is -1.40. The van der Waals surface area contributed by atoms with Crippen LogP contribution in [0.1, 0.15) is 25.1 Å². The molecular formula is C13H13BrF3N3. The molecule has 0 fully saturated rings. The number of benzene rings is 1. The Labute approximate surface area is 122 Å². The van der Waals surface area contributed by atoms with Crippen molar-refractivity contribution in [2.45, 2.75) is 25.6 Å². The fraction of sp³-hybridized carbons (Fsp3) is 0.308. The quantitative estimate of drug-likeness (QED) is 0.896. The van der Waals surface area contributed by atoms with Gasteiger partial charge in [-0.2, -0.15) is 13.2 Å². The molecule has 0 radical (unpaired) electrons.